The molecular weight excluding hydrogens is 365 g/mol. The van der Waals surface area contributed by atoms with Gasteiger partial charge in [0, 0.05) is 27.7 Å². The number of aliphatic imine (C=N–C) groups is 1. The summed E-state index contributed by atoms with van der Waals surface area (Å²) >= 11 is 12.1. The molecule has 0 radical (unpaired) electrons. The van der Waals surface area contributed by atoms with Crippen LogP contribution >= 0.6 is 23.2 Å². The van der Waals surface area contributed by atoms with Crippen LogP contribution in [-0.2, 0) is 5.72 Å². The maximum Gasteiger partial charge on any atom is 0.186 e. The summed E-state index contributed by atoms with van der Waals surface area (Å²) in [4.78, 5) is 4.83. The summed E-state index contributed by atoms with van der Waals surface area (Å²) < 4.78 is 0. The molecule has 1 heterocycles. The zero-order valence-electron chi connectivity index (χ0n) is 14.5. The number of nitrogens with zero attached hydrogens (tertiary/aromatic N) is 1. The molecule has 0 aromatic heterocycles. The Labute approximate surface area is 164 Å². The second-order valence-corrected chi connectivity index (χ2v) is 7.96. The Hall–Kier alpha value is -1.61. The van der Waals surface area contributed by atoms with Gasteiger partial charge in [-0.3, -0.25) is 4.99 Å². The summed E-state index contributed by atoms with van der Waals surface area (Å²) in [5, 5.41) is 12.8. The zero-order valence-corrected chi connectivity index (χ0v) is 16.0. The monoisotopic (exact) mass is 385 g/mol. The van der Waals surface area contributed by atoms with Gasteiger partial charge in [0.15, 0.2) is 5.72 Å². The first-order valence-electron chi connectivity index (χ1n) is 9.11. The van der Waals surface area contributed by atoms with Crippen molar-refractivity contribution in [1.82, 2.24) is 0 Å². The van der Waals surface area contributed by atoms with E-state index in [1.54, 1.807) is 0 Å². The lowest BCUT2D eigenvalue weighted by Gasteiger charge is -2.33. The number of fused-ring (bicyclic) bond motifs is 1. The molecule has 2 aromatic rings. The lowest BCUT2D eigenvalue weighted by molar-refractivity contribution is 0.0505. The molecule has 2 aliphatic rings. The first kappa shape index (κ1) is 17.8. The number of hydrogen-bond donors (Lipinski definition) is 1. The molecule has 0 bridgehead atoms. The van der Waals surface area contributed by atoms with Crippen LogP contribution in [-0.4, -0.2) is 10.8 Å². The molecule has 1 saturated carbocycles. The molecular formula is C22H21Cl2NO. The van der Waals surface area contributed by atoms with Crippen molar-refractivity contribution in [2.24, 2.45) is 4.99 Å². The van der Waals surface area contributed by atoms with Gasteiger partial charge < -0.3 is 5.11 Å². The smallest absolute Gasteiger partial charge is 0.186 e. The molecule has 26 heavy (non-hydrogen) atoms. The largest absolute Gasteiger partial charge is 0.365 e. The predicted octanol–water partition coefficient (Wildman–Crippen LogP) is 6.40. The third kappa shape index (κ3) is 3.46. The first-order valence-corrected chi connectivity index (χ1v) is 9.86. The van der Waals surface area contributed by atoms with Crippen LogP contribution in [0.3, 0.4) is 0 Å². The van der Waals surface area contributed by atoms with Crippen LogP contribution < -0.4 is 0 Å². The van der Waals surface area contributed by atoms with Crippen molar-refractivity contribution in [2.75, 3.05) is 0 Å². The van der Waals surface area contributed by atoms with Gasteiger partial charge in [0.1, 0.15) is 0 Å². The Morgan fingerprint density at radius 3 is 2.08 bits per heavy atom. The SMILES string of the molecule is OC1(c2ccc(Cl)cc2)CC(c2ccc(Cl)cc2)=C2CCCCCC2=N1. The predicted molar refractivity (Wildman–Crippen MR) is 109 cm³/mol. The number of rotatable bonds is 2. The summed E-state index contributed by atoms with van der Waals surface area (Å²) in [6, 6.07) is 15.3. The molecule has 2 aromatic carbocycles. The van der Waals surface area contributed by atoms with E-state index in [-0.39, 0.29) is 0 Å². The molecule has 1 aliphatic heterocycles. The molecule has 1 N–H and O–H groups in total. The third-order valence-corrected chi connectivity index (χ3v) is 5.80. The molecule has 0 saturated heterocycles. The van der Waals surface area contributed by atoms with Gasteiger partial charge in [-0.1, -0.05) is 53.9 Å². The van der Waals surface area contributed by atoms with Crippen molar-refractivity contribution >= 4 is 34.5 Å². The van der Waals surface area contributed by atoms with Crippen molar-refractivity contribution in [3.8, 4) is 0 Å². The van der Waals surface area contributed by atoms with Gasteiger partial charge in [-0.05, 0) is 66.7 Å². The Kier molecular flexibility index (Phi) is 4.92. The Bertz CT molecular complexity index is 868. The van der Waals surface area contributed by atoms with Gasteiger partial charge in [-0.25, -0.2) is 0 Å². The number of halogens is 2. The third-order valence-electron chi connectivity index (χ3n) is 5.30. The maximum atomic E-state index is 11.5. The van der Waals surface area contributed by atoms with E-state index in [0.717, 1.165) is 41.1 Å². The second kappa shape index (κ2) is 7.19. The topological polar surface area (TPSA) is 32.6 Å². The van der Waals surface area contributed by atoms with E-state index in [1.807, 2.05) is 48.5 Å². The highest BCUT2D eigenvalue weighted by atomic mass is 35.5. The van der Waals surface area contributed by atoms with Crippen LogP contribution in [0.25, 0.3) is 5.57 Å². The average molecular weight is 386 g/mol. The van der Waals surface area contributed by atoms with Crippen LogP contribution in [0.4, 0.5) is 0 Å². The van der Waals surface area contributed by atoms with Gasteiger partial charge in [0.25, 0.3) is 0 Å². The van der Waals surface area contributed by atoms with E-state index in [0.29, 0.717) is 11.4 Å². The van der Waals surface area contributed by atoms with Crippen molar-refractivity contribution in [3.63, 3.8) is 0 Å². The van der Waals surface area contributed by atoms with E-state index in [4.69, 9.17) is 28.2 Å². The molecule has 1 aliphatic carbocycles. The highest BCUT2D eigenvalue weighted by Crippen LogP contribution is 2.43. The van der Waals surface area contributed by atoms with E-state index in [1.165, 1.54) is 24.0 Å². The fourth-order valence-electron chi connectivity index (χ4n) is 3.94. The highest BCUT2D eigenvalue weighted by Gasteiger charge is 2.36. The van der Waals surface area contributed by atoms with Gasteiger partial charge in [-0.2, -0.15) is 0 Å². The molecule has 4 rings (SSSR count). The molecule has 4 heteroatoms. The van der Waals surface area contributed by atoms with Crippen LogP contribution in [0.5, 0.6) is 0 Å². The van der Waals surface area contributed by atoms with Crippen molar-refractivity contribution in [2.45, 2.75) is 44.2 Å². The lowest BCUT2D eigenvalue weighted by atomic mass is 9.83. The highest BCUT2D eigenvalue weighted by molar-refractivity contribution is 6.30. The van der Waals surface area contributed by atoms with Crippen LogP contribution in [0, 0.1) is 0 Å². The number of allylic oxidation sites excluding steroid dienone is 1. The summed E-state index contributed by atoms with van der Waals surface area (Å²) in [5.41, 5.74) is 4.20. The van der Waals surface area contributed by atoms with Crippen molar-refractivity contribution in [3.05, 3.63) is 75.3 Å². The molecule has 2 nitrogen and oxygen atoms in total. The summed E-state index contributed by atoms with van der Waals surface area (Å²) in [6.07, 6.45) is 5.90. The molecule has 134 valence electrons. The summed E-state index contributed by atoms with van der Waals surface area (Å²) in [5.74, 6) is 0. The van der Waals surface area contributed by atoms with E-state index in [2.05, 4.69) is 0 Å². The zero-order chi connectivity index (χ0) is 18.1. The van der Waals surface area contributed by atoms with E-state index >= 15 is 0 Å². The van der Waals surface area contributed by atoms with Gasteiger partial charge in [-0.15, -0.1) is 0 Å². The normalized spacial score (nSPS) is 23.3. The molecule has 0 spiro atoms. The molecule has 1 atom stereocenters. The quantitative estimate of drug-likeness (QED) is 0.636. The van der Waals surface area contributed by atoms with Gasteiger partial charge >= 0.3 is 0 Å². The maximum absolute atomic E-state index is 11.5. The minimum absolute atomic E-state index is 0.467. The number of dihydropyridines is 1. The lowest BCUT2D eigenvalue weighted by Crippen LogP contribution is -2.30. The van der Waals surface area contributed by atoms with Crippen molar-refractivity contribution < 1.29 is 5.11 Å². The minimum Gasteiger partial charge on any atom is -0.365 e. The number of aliphatic hydroxyl groups is 1. The first-order chi connectivity index (χ1) is 12.5. The van der Waals surface area contributed by atoms with E-state index in [9.17, 15) is 5.11 Å². The minimum atomic E-state index is -1.25. The number of benzene rings is 2. The van der Waals surface area contributed by atoms with E-state index < -0.39 is 5.72 Å². The average Bonchev–Trinajstić information content (AvgIpc) is 2.87. The summed E-state index contributed by atoms with van der Waals surface area (Å²) in [6.45, 7) is 0. The standard InChI is InChI=1S/C22H21Cl2NO/c23-17-10-6-15(7-11-17)20-14-22(26,16-8-12-18(24)13-9-16)25-21-5-3-1-2-4-19(20)21/h6-13,26H,1-5,14H2. The van der Waals surface area contributed by atoms with Crippen LogP contribution in [0.2, 0.25) is 10.0 Å². The Morgan fingerprint density at radius 2 is 1.38 bits per heavy atom. The van der Waals surface area contributed by atoms with Gasteiger partial charge in [0.2, 0.25) is 0 Å². The Balaban J connectivity index is 1.83. The van der Waals surface area contributed by atoms with Gasteiger partial charge in [0.05, 0.1) is 0 Å². The van der Waals surface area contributed by atoms with Crippen molar-refractivity contribution in [1.29, 1.82) is 0 Å². The number of hydrogen-bond acceptors (Lipinski definition) is 2. The molecule has 0 amide bonds. The Morgan fingerprint density at radius 1 is 0.769 bits per heavy atom. The molecule has 1 unspecified atom stereocenters. The van der Waals surface area contributed by atoms with Crippen LogP contribution in [0.1, 0.15) is 49.7 Å². The van der Waals surface area contributed by atoms with Crippen LogP contribution in [0.15, 0.2) is 59.1 Å². The fraction of sp³-hybridized carbons (Fsp3) is 0.318. The fourth-order valence-corrected chi connectivity index (χ4v) is 4.19. The molecule has 1 fully saturated rings. The summed E-state index contributed by atoms with van der Waals surface area (Å²) in [7, 11) is 0. The second-order valence-electron chi connectivity index (χ2n) is 7.08.